The number of unbranched alkanes of at least 4 members (excludes halogenated alkanes) is 1. The molecular weight excluding hydrogens is 292 g/mol. The molecule has 0 unspecified atom stereocenters. The summed E-state index contributed by atoms with van der Waals surface area (Å²) < 4.78 is 6.47. The fourth-order valence-corrected chi connectivity index (χ4v) is 2.85. The van der Waals surface area contributed by atoms with Gasteiger partial charge in [-0.15, -0.1) is 0 Å². The largest absolute Gasteiger partial charge is 0.446 e. The number of ether oxygens (including phenoxy) is 1. The van der Waals surface area contributed by atoms with Gasteiger partial charge < -0.3 is 4.74 Å². The first-order valence-corrected chi connectivity index (χ1v) is 7.07. The van der Waals surface area contributed by atoms with Crippen LogP contribution in [-0.4, -0.2) is 5.97 Å². The van der Waals surface area contributed by atoms with Crippen LogP contribution in [0.4, 0.5) is 0 Å². The van der Waals surface area contributed by atoms with Crippen molar-refractivity contribution in [3.05, 3.63) is 46.0 Å². The zero-order valence-corrected chi connectivity index (χ0v) is 12.3. The van der Waals surface area contributed by atoms with Crippen molar-refractivity contribution >= 4 is 21.9 Å². The molecule has 1 aliphatic rings. The van der Waals surface area contributed by atoms with E-state index in [1.165, 1.54) is 0 Å². The summed E-state index contributed by atoms with van der Waals surface area (Å²) >= 11 is 3.57. The Balaban J connectivity index is 2.36. The van der Waals surface area contributed by atoms with Crippen molar-refractivity contribution in [2.75, 3.05) is 0 Å². The molecule has 1 atom stereocenters. The Bertz CT molecular complexity index is 479. The van der Waals surface area contributed by atoms with Crippen LogP contribution < -0.4 is 0 Å². The molecule has 1 aliphatic heterocycles. The lowest BCUT2D eigenvalue weighted by Gasteiger charge is -2.24. The Labute approximate surface area is 116 Å². The van der Waals surface area contributed by atoms with E-state index in [2.05, 4.69) is 22.9 Å². The molecule has 0 saturated heterocycles. The van der Waals surface area contributed by atoms with Gasteiger partial charge >= 0.3 is 5.97 Å². The number of hydrogen-bond donors (Lipinski definition) is 0. The average Bonchev–Trinajstić information content (AvgIpc) is 2.60. The van der Waals surface area contributed by atoms with E-state index in [9.17, 15) is 4.79 Å². The van der Waals surface area contributed by atoms with Crippen molar-refractivity contribution in [3.63, 3.8) is 0 Å². The molecule has 3 heteroatoms. The predicted octanol–water partition coefficient (Wildman–Crippen LogP) is 4.30. The van der Waals surface area contributed by atoms with Gasteiger partial charge in [-0.3, -0.25) is 0 Å². The molecule has 0 fully saturated rings. The van der Waals surface area contributed by atoms with Crippen LogP contribution >= 0.6 is 15.9 Å². The van der Waals surface area contributed by atoms with Gasteiger partial charge in [0, 0.05) is 5.56 Å². The van der Waals surface area contributed by atoms with Crippen LogP contribution in [0.3, 0.4) is 0 Å². The molecule has 0 saturated carbocycles. The first kappa shape index (κ1) is 13.3. The first-order valence-electron chi connectivity index (χ1n) is 6.27. The van der Waals surface area contributed by atoms with E-state index in [0.29, 0.717) is 0 Å². The van der Waals surface area contributed by atoms with Crippen LogP contribution in [0.5, 0.6) is 0 Å². The molecule has 0 aromatic heterocycles. The quantitative estimate of drug-likeness (QED) is 0.775. The van der Waals surface area contributed by atoms with E-state index in [0.717, 1.165) is 34.9 Å². The normalized spacial score (nSPS) is 23.4. The first-order chi connectivity index (χ1) is 8.59. The Morgan fingerprint density at radius 1 is 1.28 bits per heavy atom. The van der Waals surface area contributed by atoms with Crippen LogP contribution in [-0.2, 0) is 15.1 Å². The van der Waals surface area contributed by atoms with Crippen LogP contribution in [0, 0.1) is 0 Å². The number of hydrogen-bond acceptors (Lipinski definition) is 2. The number of cyclic esters (lactones) is 1. The maximum atomic E-state index is 12.0. The third-order valence-electron chi connectivity index (χ3n) is 3.33. The maximum absolute atomic E-state index is 12.0. The Morgan fingerprint density at radius 2 is 1.94 bits per heavy atom. The second-order valence-corrected chi connectivity index (χ2v) is 5.48. The zero-order valence-electron chi connectivity index (χ0n) is 10.7. The molecule has 2 rings (SSSR count). The molecule has 96 valence electrons. The summed E-state index contributed by atoms with van der Waals surface area (Å²) in [5.74, 6) is -0.193. The molecule has 0 aliphatic carbocycles. The lowest BCUT2D eigenvalue weighted by Crippen LogP contribution is -2.23. The highest BCUT2D eigenvalue weighted by Crippen LogP contribution is 2.45. The van der Waals surface area contributed by atoms with Gasteiger partial charge in [-0.1, -0.05) is 59.6 Å². The van der Waals surface area contributed by atoms with Crippen molar-refractivity contribution in [1.82, 2.24) is 0 Å². The van der Waals surface area contributed by atoms with E-state index < -0.39 is 5.60 Å². The van der Waals surface area contributed by atoms with E-state index >= 15 is 0 Å². The molecule has 0 N–H and O–H groups in total. The third-order valence-corrected chi connectivity index (χ3v) is 4.57. The fraction of sp³-hybridized carbons (Fsp3) is 0.400. The summed E-state index contributed by atoms with van der Waals surface area (Å²) in [7, 11) is 0. The van der Waals surface area contributed by atoms with E-state index in [1.807, 2.05) is 37.3 Å². The standard InChI is InChI=1S/C15H17BrO2/c1-3-4-10-12-13(16)15(2,18-14(12)17)11-8-6-5-7-9-11/h5-9H,3-4,10H2,1-2H3/t15-/m1/s1. The summed E-state index contributed by atoms with van der Waals surface area (Å²) in [5, 5.41) is 0. The summed E-state index contributed by atoms with van der Waals surface area (Å²) in [5.41, 5.74) is 1.11. The number of carbonyl (C=O) groups excluding carboxylic acids is 1. The Hall–Kier alpha value is -1.09. The number of benzene rings is 1. The topological polar surface area (TPSA) is 26.3 Å². The molecule has 0 bridgehead atoms. The van der Waals surface area contributed by atoms with Gasteiger partial charge in [0.2, 0.25) is 0 Å². The predicted molar refractivity (Wildman–Crippen MR) is 75.4 cm³/mol. The van der Waals surface area contributed by atoms with E-state index in [1.54, 1.807) is 0 Å². The number of halogens is 1. The lowest BCUT2D eigenvalue weighted by molar-refractivity contribution is -0.146. The SMILES string of the molecule is CCCCC1=C(Br)[C@@](C)(c2ccccc2)OC1=O. The smallest absolute Gasteiger partial charge is 0.336 e. The van der Waals surface area contributed by atoms with Crippen LogP contribution in [0.25, 0.3) is 0 Å². The number of esters is 1. The minimum absolute atomic E-state index is 0.193. The van der Waals surface area contributed by atoms with Gasteiger partial charge in [-0.25, -0.2) is 4.79 Å². The summed E-state index contributed by atoms with van der Waals surface area (Å²) in [6.07, 6.45) is 2.85. The summed E-state index contributed by atoms with van der Waals surface area (Å²) in [4.78, 5) is 12.0. The average molecular weight is 309 g/mol. The highest BCUT2D eigenvalue weighted by atomic mass is 79.9. The van der Waals surface area contributed by atoms with Gasteiger partial charge in [0.05, 0.1) is 10.1 Å². The van der Waals surface area contributed by atoms with Gasteiger partial charge in [-0.2, -0.15) is 0 Å². The molecular formula is C15H17BrO2. The maximum Gasteiger partial charge on any atom is 0.336 e. The van der Waals surface area contributed by atoms with E-state index in [4.69, 9.17) is 4.74 Å². The zero-order chi connectivity index (χ0) is 13.2. The van der Waals surface area contributed by atoms with Gasteiger partial charge in [0.1, 0.15) is 0 Å². The third kappa shape index (κ3) is 2.24. The van der Waals surface area contributed by atoms with Crippen molar-refractivity contribution in [2.45, 2.75) is 38.7 Å². The second kappa shape index (κ2) is 5.27. The van der Waals surface area contributed by atoms with Crippen LogP contribution in [0.1, 0.15) is 38.7 Å². The molecule has 0 amide bonds. The molecule has 0 spiro atoms. The molecule has 1 aromatic rings. The highest BCUT2D eigenvalue weighted by molar-refractivity contribution is 9.11. The monoisotopic (exact) mass is 308 g/mol. The minimum Gasteiger partial charge on any atom is -0.446 e. The van der Waals surface area contributed by atoms with Gasteiger partial charge in [0.25, 0.3) is 0 Å². The summed E-state index contributed by atoms with van der Waals surface area (Å²) in [6.45, 7) is 4.05. The summed E-state index contributed by atoms with van der Waals surface area (Å²) in [6, 6.07) is 9.84. The lowest BCUT2D eigenvalue weighted by atomic mass is 9.94. The van der Waals surface area contributed by atoms with Gasteiger partial charge in [0.15, 0.2) is 5.60 Å². The molecule has 2 nitrogen and oxygen atoms in total. The molecule has 1 heterocycles. The van der Waals surface area contributed by atoms with Crippen LogP contribution in [0.15, 0.2) is 40.4 Å². The van der Waals surface area contributed by atoms with Crippen molar-refractivity contribution in [3.8, 4) is 0 Å². The van der Waals surface area contributed by atoms with Crippen molar-refractivity contribution in [1.29, 1.82) is 0 Å². The number of rotatable bonds is 4. The van der Waals surface area contributed by atoms with Crippen LogP contribution in [0.2, 0.25) is 0 Å². The highest BCUT2D eigenvalue weighted by Gasteiger charge is 2.43. The Morgan fingerprint density at radius 3 is 2.56 bits per heavy atom. The molecule has 18 heavy (non-hydrogen) atoms. The van der Waals surface area contributed by atoms with Crippen molar-refractivity contribution in [2.24, 2.45) is 0 Å². The molecule has 0 radical (unpaired) electrons. The van der Waals surface area contributed by atoms with Gasteiger partial charge in [-0.05, 0) is 19.8 Å². The van der Waals surface area contributed by atoms with E-state index in [-0.39, 0.29) is 5.97 Å². The van der Waals surface area contributed by atoms with Crippen molar-refractivity contribution < 1.29 is 9.53 Å². The number of carbonyl (C=O) groups is 1. The fourth-order valence-electron chi connectivity index (χ4n) is 2.18. The molecule has 1 aromatic carbocycles. The Kier molecular flexibility index (Phi) is 3.91. The minimum atomic E-state index is -0.665. The second-order valence-electron chi connectivity index (χ2n) is 4.68.